The minimum Gasteiger partial charge on any atom is -0.378 e. The molecule has 0 saturated heterocycles. The highest BCUT2D eigenvalue weighted by Crippen LogP contribution is 2.34. The highest BCUT2D eigenvalue weighted by Gasteiger charge is 2.39. The summed E-state index contributed by atoms with van der Waals surface area (Å²) in [5, 5.41) is 5.59. The largest absolute Gasteiger partial charge is 0.378 e. The van der Waals surface area contributed by atoms with Gasteiger partial charge in [0.15, 0.2) is 0 Å². The number of thiophene rings is 1. The maximum Gasteiger partial charge on any atom is 0.278 e. The molecule has 0 radical (unpaired) electrons. The van der Waals surface area contributed by atoms with Crippen LogP contribution in [0.4, 0.5) is 11.4 Å². The summed E-state index contributed by atoms with van der Waals surface area (Å²) in [4.78, 5) is 30.5. The summed E-state index contributed by atoms with van der Waals surface area (Å²) < 4.78 is 0. The number of imide groups is 1. The number of nitrogens with zero attached hydrogens (tertiary/aromatic N) is 2. The summed E-state index contributed by atoms with van der Waals surface area (Å²) in [6.07, 6.45) is 0. The monoisotopic (exact) mass is 437 g/mol. The van der Waals surface area contributed by atoms with E-state index in [9.17, 15) is 9.59 Å². The Morgan fingerprint density at radius 3 is 2.33 bits per heavy atom. The Hall–Kier alpha value is -3.09. The van der Waals surface area contributed by atoms with E-state index in [1.165, 1.54) is 16.2 Å². The number of carbonyl (C=O) groups is 2. The molecule has 0 saturated carbocycles. The quantitative estimate of drug-likeness (QED) is 0.559. The van der Waals surface area contributed by atoms with E-state index >= 15 is 0 Å². The molecule has 0 unspecified atom stereocenters. The van der Waals surface area contributed by atoms with E-state index < -0.39 is 0 Å². The van der Waals surface area contributed by atoms with Crippen molar-refractivity contribution in [2.75, 3.05) is 24.3 Å². The summed E-state index contributed by atoms with van der Waals surface area (Å²) in [5.41, 5.74) is 3.18. The molecular weight excluding hydrogens is 418 g/mol. The fraction of sp³-hybridized carbons (Fsp3) is 0.130. The number of halogens is 1. The number of nitrogens with one attached hydrogen (secondary N) is 1. The number of rotatable bonds is 6. The van der Waals surface area contributed by atoms with Gasteiger partial charge in [0.25, 0.3) is 11.8 Å². The first-order valence-corrected chi connectivity index (χ1v) is 10.6. The zero-order chi connectivity index (χ0) is 21.3. The molecule has 2 amide bonds. The second kappa shape index (κ2) is 8.34. The van der Waals surface area contributed by atoms with Gasteiger partial charge in [0.2, 0.25) is 0 Å². The highest BCUT2D eigenvalue weighted by molar-refractivity contribution is 7.11. The standard InChI is InChI=1S/C23H20ClN3O2S/c1-26(2)17-11-9-16(10-12-17)25-21-20(19-8-5-13-30-19)22(28)27(23(21)29)14-15-6-3-4-7-18(15)24/h3-13,25H,14H2,1-2H3. The fourth-order valence-electron chi connectivity index (χ4n) is 3.27. The molecule has 1 N–H and O–H groups in total. The SMILES string of the molecule is CN(C)c1ccc(NC2=C(c3cccs3)C(=O)N(Cc3ccccc3Cl)C2=O)cc1. The maximum atomic E-state index is 13.3. The van der Waals surface area contributed by atoms with Crippen LogP contribution in [-0.4, -0.2) is 30.8 Å². The molecule has 1 aliphatic heterocycles. The highest BCUT2D eigenvalue weighted by atomic mass is 35.5. The first kappa shape index (κ1) is 20.2. The third-order valence-electron chi connectivity index (χ3n) is 4.87. The van der Waals surface area contributed by atoms with E-state index in [1.807, 2.05) is 79.0 Å². The molecule has 3 aromatic rings. The van der Waals surface area contributed by atoms with Gasteiger partial charge in [0.1, 0.15) is 5.70 Å². The van der Waals surface area contributed by atoms with Gasteiger partial charge in [0, 0.05) is 35.4 Å². The van der Waals surface area contributed by atoms with E-state index in [4.69, 9.17) is 11.6 Å². The molecule has 0 bridgehead atoms. The van der Waals surface area contributed by atoms with Crippen molar-refractivity contribution in [3.8, 4) is 0 Å². The van der Waals surface area contributed by atoms with Crippen LogP contribution in [0.3, 0.4) is 0 Å². The number of anilines is 2. The third kappa shape index (κ3) is 3.84. The van der Waals surface area contributed by atoms with Gasteiger partial charge in [-0.1, -0.05) is 35.9 Å². The summed E-state index contributed by atoms with van der Waals surface area (Å²) in [6.45, 7) is 0.122. The van der Waals surface area contributed by atoms with Crippen LogP contribution in [0, 0.1) is 0 Å². The average Bonchev–Trinajstić information content (AvgIpc) is 3.33. The van der Waals surface area contributed by atoms with Gasteiger partial charge in [-0.2, -0.15) is 0 Å². The molecule has 7 heteroatoms. The Labute approximate surface area is 184 Å². The van der Waals surface area contributed by atoms with Crippen LogP contribution in [-0.2, 0) is 16.1 Å². The molecule has 0 fully saturated rings. The number of hydrogen-bond donors (Lipinski definition) is 1. The second-order valence-electron chi connectivity index (χ2n) is 7.08. The van der Waals surface area contributed by atoms with Crippen molar-refractivity contribution in [1.82, 2.24) is 4.90 Å². The predicted molar refractivity (Wildman–Crippen MR) is 123 cm³/mol. The topological polar surface area (TPSA) is 52.7 Å². The molecule has 1 aliphatic rings. The van der Waals surface area contributed by atoms with Crippen molar-refractivity contribution in [3.05, 3.63) is 87.2 Å². The maximum absolute atomic E-state index is 13.3. The smallest absolute Gasteiger partial charge is 0.278 e. The summed E-state index contributed by atoms with van der Waals surface area (Å²) >= 11 is 7.69. The van der Waals surface area contributed by atoms with Crippen LogP contribution in [0.5, 0.6) is 0 Å². The Bertz CT molecular complexity index is 1120. The van der Waals surface area contributed by atoms with Crippen LogP contribution in [0.2, 0.25) is 5.02 Å². The molecule has 1 aromatic heterocycles. The zero-order valence-corrected chi connectivity index (χ0v) is 18.1. The third-order valence-corrected chi connectivity index (χ3v) is 6.13. The molecule has 30 heavy (non-hydrogen) atoms. The Morgan fingerprint density at radius 2 is 1.70 bits per heavy atom. The minimum atomic E-state index is -0.361. The van der Waals surface area contributed by atoms with Crippen molar-refractivity contribution in [2.24, 2.45) is 0 Å². The van der Waals surface area contributed by atoms with Gasteiger partial charge in [-0.3, -0.25) is 14.5 Å². The van der Waals surface area contributed by atoms with Crippen LogP contribution < -0.4 is 10.2 Å². The number of hydrogen-bond acceptors (Lipinski definition) is 5. The average molecular weight is 438 g/mol. The lowest BCUT2D eigenvalue weighted by molar-refractivity contribution is -0.137. The summed E-state index contributed by atoms with van der Waals surface area (Å²) in [5.74, 6) is -0.685. The molecule has 152 valence electrons. The van der Waals surface area contributed by atoms with Crippen LogP contribution in [0.1, 0.15) is 10.4 Å². The van der Waals surface area contributed by atoms with Gasteiger partial charge in [-0.25, -0.2) is 0 Å². The van der Waals surface area contributed by atoms with Crippen molar-refractivity contribution in [1.29, 1.82) is 0 Å². The zero-order valence-electron chi connectivity index (χ0n) is 16.6. The van der Waals surface area contributed by atoms with E-state index in [-0.39, 0.29) is 24.1 Å². The van der Waals surface area contributed by atoms with E-state index in [0.29, 0.717) is 10.6 Å². The Kier molecular flexibility index (Phi) is 5.61. The number of benzene rings is 2. The molecule has 0 aliphatic carbocycles. The number of carbonyl (C=O) groups excluding carboxylic acids is 2. The van der Waals surface area contributed by atoms with Crippen LogP contribution in [0.15, 0.2) is 71.7 Å². The van der Waals surface area contributed by atoms with E-state index in [2.05, 4.69) is 5.32 Å². The van der Waals surface area contributed by atoms with E-state index in [1.54, 1.807) is 6.07 Å². The normalized spacial score (nSPS) is 13.9. The van der Waals surface area contributed by atoms with Crippen molar-refractivity contribution in [2.45, 2.75) is 6.54 Å². The second-order valence-corrected chi connectivity index (χ2v) is 8.44. The van der Waals surface area contributed by atoms with Crippen molar-refractivity contribution in [3.63, 3.8) is 0 Å². The number of amides is 2. The molecular formula is C23H20ClN3O2S. The first-order chi connectivity index (χ1) is 14.5. The molecule has 2 heterocycles. The van der Waals surface area contributed by atoms with Crippen molar-refractivity contribution >= 4 is 51.7 Å². The molecule has 0 atom stereocenters. The molecule has 5 nitrogen and oxygen atoms in total. The Morgan fingerprint density at radius 1 is 0.967 bits per heavy atom. The molecule has 0 spiro atoms. The van der Waals surface area contributed by atoms with Crippen LogP contribution in [0.25, 0.3) is 5.57 Å². The van der Waals surface area contributed by atoms with E-state index in [0.717, 1.165) is 21.8 Å². The summed E-state index contributed by atoms with van der Waals surface area (Å²) in [6, 6.07) is 18.6. The van der Waals surface area contributed by atoms with Gasteiger partial charge in [-0.05, 0) is 47.3 Å². The Balaban J connectivity index is 1.68. The predicted octanol–water partition coefficient (Wildman–Crippen LogP) is 4.86. The first-order valence-electron chi connectivity index (χ1n) is 9.38. The minimum absolute atomic E-state index is 0.122. The summed E-state index contributed by atoms with van der Waals surface area (Å²) in [7, 11) is 3.93. The van der Waals surface area contributed by atoms with Crippen molar-refractivity contribution < 1.29 is 9.59 Å². The van der Waals surface area contributed by atoms with Crippen LogP contribution >= 0.6 is 22.9 Å². The molecule has 2 aromatic carbocycles. The molecule has 4 rings (SSSR count). The van der Waals surface area contributed by atoms with Gasteiger partial charge >= 0.3 is 0 Å². The van der Waals surface area contributed by atoms with Gasteiger partial charge < -0.3 is 10.2 Å². The lowest BCUT2D eigenvalue weighted by atomic mass is 10.1. The lowest BCUT2D eigenvalue weighted by Gasteiger charge is -2.16. The lowest BCUT2D eigenvalue weighted by Crippen LogP contribution is -2.32. The van der Waals surface area contributed by atoms with Gasteiger partial charge in [-0.15, -0.1) is 11.3 Å². The fourth-order valence-corrected chi connectivity index (χ4v) is 4.23. The van der Waals surface area contributed by atoms with Gasteiger partial charge in [0.05, 0.1) is 12.1 Å².